The topological polar surface area (TPSA) is 55.5 Å². The number of ether oxygens (including phenoxy) is 1. The summed E-state index contributed by atoms with van der Waals surface area (Å²) in [7, 11) is 0. The fourth-order valence-corrected chi connectivity index (χ4v) is 3.30. The number of hydrogen-bond donors (Lipinski definition) is 1. The highest BCUT2D eigenvalue weighted by Crippen LogP contribution is 2.41. The summed E-state index contributed by atoms with van der Waals surface area (Å²) in [6.45, 7) is 4.34. The summed E-state index contributed by atoms with van der Waals surface area (Å²) < 4.78 is 11.2. The summed E-state index contributed by atoms with van der Waals surface area (Å²) in [5.74, 6) is 1.59. The maximum atomic E-state index is 10.1. The van der Waals surface area contributed by atoms with Crippen LogP contribution in [0.3, 0.4) is 0 Å². The van der Waals surface area contributed by atoms with Gasteiger partial charge in [-0.25, -0.2) is 0 Å². The minimum atomic E-state index is -0.586. The minimum Gasteiger partial charge on any atom is -0.493 e. The molecule has 122 valence electrons. The molecule has 2 heterocycles. The molecule has 1 aliphatic rings. The largest absolute Gasteiger partial charge is 0.493 e. The summed E-state index contributed by atoms with van der Waals surface area (Å²) in [5.41, 5.74) is 5.76. The normalized spacial score (nSPS) is 14.3. The highest BCUT2D eigenvalue weighted by molar-refractivity contribution is 5.83. The van der Waals surface area contributed by atoms with E-state index in [1.165, 1.54) is 0 Å². The molecule has 0 aliphatic carbocycles. The maximum Gasteiger partial charge on any atom is 0.142 e. The molecule has 4 heteroatoms. The smallest absolute Gasteiger partial charge is 0.142 e. The van der Waals surface area contributed by atoms with Crippen molar-refractivity contribution in [2.75, 3.05) is 6.61 Å². The molecule has 24 heavy (non-hydrogen) atoms. The molecule has 0 bridgehead atoms. The monoisotopic (exact) mass is 321 g/mol. The van der Waals surface area contributed by atoms with E-state index in [1.54, 1.807) is 6.92 Å². The summed E-state index contributed by atoms with van der Waals surface area (Å²) in [5, 5.41) is 14.4. The van der Waals surface area contributed by atoms with Crippen molar-refractivity contribution >= 4 is 0 Å². The van der Waals surface area contributed by atoms with Gasteiger partial charge in [-0.05, 0) is 37.1 Å². The van der Waals surface area contributed by atoms with Gasteiger partial charge in [-0.2, -0.15) is 0 Å². The fraction of sp³-hybridized carbons (Fsp3) is 0.250. The Labute approximate surface area is 140 Å². The molecule has 1 atom stereocenters. The third kappa shape index (κ3) is 2.39. The Bertz CT molecular complexity index is 881. The fourth-order valence-electron chi connectivity index (χ4n) is 3.30. The second-order valence-electron chi connectivity index (χ2n) is 6.16. The van der Waals surface area contributed by atoms with Crippen molar-refractivity contribution in [3.8, 4) is 28.1 Å². The van der Waals surface area contributed by atoms with Crippen LogP contribution in [0.15, 0.2) is 47.0 Å². The van der Waals surface area contributed by atoms with Crippen LogP contribution in [0.5, 0.6) is 5.75 Å². The number of aliphatic hydroxyl groups excluding tert-OH is 1. The zero-order valence-electron chi connectivity index (χ0n) is 13.7. The van der Waals surface area contributed by atoms with Crippen molar-refractivity contribution in [1.82, 2.24) is 5.16 Å². The van der Waals surface area contributed by atoms with Crippen molar-refractivity contribution < 1.29 is 14.4 Å². The molecular formula is C20H19NO3. The molecule has 4 rings (SSSR count). The van der Waals surface area contributed by atoms with Crippen molar-refractivity contribution in [3.05, 3.63) is 59.4 Å². The standard InChI is InChI=1S/C20H19NO3/c1-12(22)17-11-16(10-15-8-9-23-20(15)17)18-13(2)24-21-19(18)14-6-4-3-5-7-14/h3-7,10-12,22H,8-9H2,1-2H3/t12-/m0/s1. The zero-order valence-corrected chi connectivity index (χ0v) is 13.7. The second-order valence-corrected chi connectivity index (χ2v) is 6.16. The van der Waals surface area contributed by atoms with Crippen LogP contribution in [-0.2, 0) is 6.42 Å². The van der Waals surface area contributed by atoms with Crippen LogP contribution in [0.25, 0.3) is 22.4 Å². The van der Waals surface area contributed by atoms with E-state index in [9.17, 15) is 5.11 Å². The van der Waals surface area contributed by atoms with E-state index in [0.717, 1.165) is 51.4 Å². The summed E-state index contributed by atoms with van der Waals surface area (Å²) in [6.07, 6.45) is 0.269. The van der Waals surface area contributed by atoms with Crippen molar-refractivity contribution in [2.45, 2.75) is 26.4 Å². The molecule has 1 aliphatic heterocycles. The van der Waals surface area contributed by atoms with E-state index < -0.39 is 6.10 Å². The molecule has 0 unspecified atom stereocenters. The van der Waals surface area contributed by atoms with Crippen LogP contribution < -0.4 is 4.74 Å². The lowest BCUT2D eigenvalue weighted by Gasteiger charge is -2.13. The number of aryl methyl sites for hydroxylation is 1. The number of aliphatic hydroxyl groups is 1. The number of rotatable bonds is 3. The summed E-state index contributed by atoms with van der Waals surface area (Å²) in [6, 6.07) is 14.1. The Morgan fingerprint density at radius 1 is 1.12 bits per heavy atom. The Hall–Kier alpha value is -2.59. The number of aromatic nitrogens is 1. The van der Waals surface area contributed by atoms with Gasteiger partial charge in [0.05, 0.1) is 18.3 Å². The molecule has 0 radical (unpaired) electrons. The number of nitrogens with zero attached hydrogens (tertiary/aromatic N) is 1. The lowest BCUT2D eigenvalue weighted by molar-refractivity contribution is 0.193. The van der Waals surface area contributed by atoms with Gasteiger partial charge in [-0.15, -0.1) is 0 Å². The molecule has 4 nitrogen and oxygen atoms in total. The first kappa shape index (κ1) is 15.0. The Morgan fingerprint density at radius 3 is 2.67 bits per heavy atom. The third-order valence-electron chi connectivity index (χ3n) is 4.46. The highest BCUT2D eigenvalue weighted by atomic mass is 16.5. The first-order valence-electron chi connectivity index (χ1n) is 8.15. The van der Waals surface area contributed by atoms with Crippen LogP contribution in [-0.4, -0.2) is 16.9 Å². The van der Waals surface area contributed by atoms with Crippen LogP contribution in [0, 0.1) is 6.92 Å². The maximum absolute atomic E-state index is 10.1. The van der Waals surface area contributed by atoms with E-state index >= 15 is 0 Å². The summed E-state index contributed by atoms with van der Waals surface area (Å²) in [4.78, 5) is 0. The Balaban J connectivity index is 1.92. The molecule has 2 aromatic carbocycles. The zero-order chi connectivity index (χ0) is 16.7. The number of fused-ring (bicyclic) bond motifs is 1. The van der Waals surface area contributed by atoms with Crippen molar-refractivity contribution in [3.63, 3.8) is 0 Å². The van der Waals surface area contributed by atoms with Crippen molar-refractivity contribution in [1.29, 1.82) is 0 Å². The predicted molar refractivity (Wildman–Crippen MR) is 91.9 cm³/mol. The third-order valence-corrected chi connectivity index (χ3v) is 4.46. The van der Waals surface area contributed by atoms with Crippen LogP contribution >= 0.6 is 0 Å². The van der Waals surface area contributed by atoms with E-state index in [1.807, 2.05) is 43.3 Å². The van der Waals surface area contributed by atoms with Gasteiger partial charge in [-0.1, -0.05) is 35.5 Å². The van der Waals surface area contributed by atoms with E-state index in [0.29, 0.717) is 6.61 Å². The van der Waals surface area contributed by atoms with Crippen molar-refractivity contribution in [2.24, 2.45) is 0 Å². The van der Waals surface area contributed by atoms with E-state index in [2.05, 4.69) is 11.2 Å². The Morgan fingerprint density at radius 2 is 1.92 bits per heavy atom. The first-order chi connectivity index (χ1) is 11.6. The van der Waals surface area contributed by atoms with Gasteiger partial charge < -0.3 is 14.4 Å². The van der Waals surface area contributed by atoms with Gasteiger partial charge in [0.1, 0.15) is 17.2 Å². The van der Waals surface area contributed by atoms with Gasteiger partial charge >= 0.3 is 0 Å². The van der Waals surface area contributed by atoms with Crippen LogP contribution in [0.2, 0.25) is 0 Å². The molecule has 0 amide bonds. The van der Waals surface area contributed by atoms with Gasteiger partial charge in [0.25, 0.3) is 0 Å². The van der Waals surface area contributed by atoms with Crippen LogP contribution in [0.4, 0.5) is 0 Å². The Kier molecular flexibility index (Phi) is 3.62. The van der Waals surface area contributed by atoms with E-state index in [-0.39, 0.29) is 0 Å². The molecule has 3 aromatic rings. The van der Waals surface area contributed by atoms with Crippen LogP contribution in [0.1, 0.15) is 29.9 Å². The average molecular weight is 321 g/mol. The second kappa shape index (κ2) is 5.80. The molecule has 1 aromatic heterocycles. The molecule has 0 spiro atoms. The SMILES string of the molecule is Cc1onc(-c2ccccc2)c1-c1cc2c(c([C@H](C)O)c1)OCC2. The van der Waals surface area contributed by atoms with Gasteiger partial charge in [0.15, 0.2) is 0 Å². The molecular weight excluding hydrogens is 302 g/mol. The molecule has 1 N–H and O–H groups in total. The first-order valence-corrected chi connectivity index (χ1v) is 8.15. The molecule has 0 saturated heterocycles. The van der Waals surface area contributed by atoms with Gasteiger partial charge in [0.2, 0.25) is 0 Å². The number of hydrogen-bond acceptors (Lipinski definition) is 4. The lowest BCUT2D eigenvalue weighted by atomic mass is 9.93. The van der Waals surface area contributed by atoms with E-state index in [4.69, 9.17) is 9.26 Å². The quantitative estimate of drug-likeness (QED) is 0.781. The summed E-state index contributed by atoms with van der Waals surface area (Å²) >= 11 is 0. The van der Waals surface area contributed by atoms with Gasteiger partial charge in [-0.3, -0.25) is 0 Å². The molecule has 0 saturated carbocycles. The predicted octanol–water partition coefficient (Wildman–Crippen LogP) is 4.31. The molecule has 0 fully saturated rings. The average Bonchev–Trinajstić information content (AvgIpc) is 3.20. The van der Waals surface area contributed by atoms with Gasteiger partial charge in [0, 0.05) is 17.5 Å². The minimum absolute atomic E-state index is 0.586. The lowest BCUT2D eigenvalue weighted by Crippen LogP contribution is -1.97. The number of benzene rings is 2. The highest BCUT2D eigenvalue weighted by Gasteiger charge is 2.24.